The summed E-state index contributed by atoms with van der Waals surface area (Å²) in [6.45, 7) is 2.55. The fourth-order valence-electron chi connectivity index (χ4n) is 3.21. The molecule has 0 radical (unpaired) electrons. The molecule has 0 bridgehead atoms. The summed E-state index contributed by atoms with van der Waals surface area (Å²) in [5.74, 6) is 0.319. The molecule has 0 aliphatic carbocycles. The van der Waals surface area contributed by atoms with Gasteiger partial charge in [0.2, 0.25) is 0 Å². The van der Waals surface area contributed by atoms with Crippen LogP contribution in [0.15, 0.2) is 96.0 Å². The van der Waals surface area contributed by atoms with Crippen molar-refractivity contribution in [2.24, 2.45) is 0 Å². The summed E-state index contributed by atoms with van der Waals surface area (Å²) >= 11 is 0. The first-order valence-electron chi connectivity index (χ1n) is 9.28. The zero-order valence-electron chi connectivity index (χ0n) is 16.0. The van der Waals surface area contributed by atoms with Crippen molar-refractivity contribution in [3.05, 3.63) is 102 Å². The third kappa shape index (κ3) is 4.22. The second-order valence-corrected chi connectivity index (χ2v) is 8.49. The average molecular weight is 404 g/mol. The SMILES string of the molecule is Cc1ccccc1-c1cn(Cc2ccccc2)nc1NS(=O)(=O)c1ccccc1. The van der Waals surface area contributed by atoms with Gasteiger partial charge in [0.25, 0.3) is 10.0 Å². The summed E-state index contributed by atoms with van der Waals surface area (Å²) in [5, 5.41) is 4.56. The van der Waals surface area contributed by atoms with Crippen LogP contribution >= 0.6 is 0 Å². The number of anilines is 1. The normalized spacial score (nSPS) is 11.3. The van der Waals surface area contributed by atoms with Gasteiger partial charge in [0.1, 0.15) is 0 Å². The van der Waals surface area contributed by atoms with Gasteiger partial charge in [-0.3, -0.25) is 9.40 Å². The third-order valence-electron chi connectivity index (χ3n) is 4.67. The van der Waals surface area contributed by atoms with Crippen LogP contribution in [-0.2, 0) is 16.6 Å². The molecule has 0 fully saturated rings. The molecule has 0 amide bonds. The van der Waals surface area contributed by atoms with Gasteiger partial charge in [-0.05, 0) is 35.7 Å². The standard InChI is InChI=1S/C23H21N3O2S/c1-18-10-8-9-15-21(18)22-17-26(16-19-11-4-2-5-12-19)24-23(22)25-29(27,28)20-13-6-3-7-14-20/h2-15,17H,16H2,1H3,(H,24,25). The highest BCUT2D eigenvalue weighted by molar-refractivity contribution is 7.92. The molecule has 0 spiro atoms. The van der Waals surface area contributed by atoms with E-state index < -0.39 is 10.0 Å². The van der Waals surface area contributed by atoms with Crippen molar-refractivity contribution in [3.8, 4) is 11.1 Å². The summed E-state index contributed by atoms with van der Waals surface area (Å²) in [5.41, 5.74) is 3.83. The second kappa shape index (κ2) is 7.93. The number of rotatable bonds is 6. The minimum atomic E-state index is -3.74. The van der Waals surface area contributed by atoms with Gasteiger partial charge < -0.3 is 0 Å². The van der Waals surface area contributed by atoms with Gasteiger partial charge in [-0.1, -0.05) is 72.8 Å². The van der Waals surface area contributed by atoms with Crippen LogP contribution in [0.25, 0.3) is 11.1 Å². The second-order valence-electron chi connectivity index (χ2n) is 6.81. The first-order chi connectivity index (χ1) is 14.0. The molecule has 4 rings (SSSR count). The van der Waals surface area contributed by atoms with Gasteiger partial charge >= 0.3 is 0 Å². The Balaban J connectivity index is 1.76. The summed E-state index contributed by atoms with van der Waals surface area (Å²) in [4.78, 5) is 0.202. The lowest BCUT2D eigenvalue weighted by Gasteiger charge is -2.09. The molecule has 146 valence electrons. The quantitative estimate of drug-likeness (QED) is 0.507. The Morgan fingerprint density at radius 2 is 1.45 bits per heavy atom. The molecule has 0 aliphatic heterocycles. The van der Waals surface area contributed by atoms with E-state index in [2.05, 4.69) is 9.82 Å². The highest BCUT2D eigenvalue weighted by atomic mass is 32.2. The van der Waals surface area contributed by atoms with Gasteiger partial charge in [0.05, 0.1) is 11.4 Å². The largest absolute Gasteiger partial charge is 0.266 e. The number of benzene rings is 3. The van der Waals surface area contributed by atoms with Gasteiger partial charge in [-0.25, -0.2) is 8.42 Å². The molecule has 4 aromatic rings. The molecule has 0 aliphatic rings. The summed E-state index contributed by atoms with van der Waals surface area (Å²) in [7, 11) is -3.74. The summed E-state index contributed by atoms with van der Waals surface area (Å²) < 4.78 is 30.2. The lowest BCUT2D eigenvalue weighted by Crippen LogP contribution is -2.14. The number of nitrogens with zero attached hydrogens (tertiary/aromatic N) is 2. The molecule has 1 N–H and O–H groups in total. The van der Waals surface area contributed by atoms with Gasteiger partial charge in [0.15, 0.2) is 5.82 Å². The number of aromatic nitrogens is 2. The van der Waals surface area contributed by atoms with E-state index in [1.54, 1.807) is 35.0 Å². The van der Waals surface area contributed by atoms with E-state index in [-0.39, 0.29) is 4.90 Å². The van der Waals surface area contributed by atoms with Crippen molar-refractivity contribution < 1.29 is 8.42 Å². The smallest absolute Gasteiger partial charge is 0.263 e. The monoisotopic (exact) mass is 403 g/mol. The zero-order valence-corrected chi connectivity index (χ0v) is 16.8. The number of hydrogen-bond acceptors (Lipinski definition) is 3. The molecule has 1 aromatic heterocycles. The molecule has 0 atom stereocenters. The molecule has 0 saturated carbocycles. The Morgan fingerprint density at radius 3 is 2.14 bits per heavy atom. The van der Waals surface area contributed by atoms with Crippen molar-refractivity contribution in [3.63, 3.8) is 0 Å². The molecular formula is C23H21N3O2S. The number of nitrogens with one attached hydrogen (secondary N) is 1. The lowest BCUT2D eigenvalue weighted by molar-refractivity contribution is 0.600. The van der Waals surface area contributed by atoms with Crippen LogP contribution in [0.3, 0.4) is 0 Å². The number of hydrogen-bond donors (Lipinski definition) is 1. The van der Waals surface area contributed by atoms with Crippen LogP contribution in [0.1, 0.15) is 11.1 Å². The first kappa shape index (κ1) is 19.0. The van der Waals surface area contributed by atoms with E-state index in [0.717, 1.165) is 22.3 Å². The van der Waals surface area contributed by atoms with Crippen LogP contribution in [0.2, 0.25) is 0 Å². The lowest BCUT2D eigenvalue weighted by atomic mass is 10.0. The number of sulfonamides is 1. The molecule has 3 aromatic carbocycles. The Hall–Kier alpha value is -3.38. The Kier molecular flexibility index (Phi) is 5.18. The topological polar surface area (TPSA) is 64.0 Å². The minimum absolute atomic E-state index is 0.202. The average Bonchev–Trinajstić information content (AvgIpc) is 3.11. The molecule has 29 heavy (non-hydrogen) atoms. The van der Waals surface area contributed by atoms with Crippen LogP contribution in [0.4, 0.5) is 5.82 Å². The fourth-order valence-corrected chi connectivity index (χ4v) is 4.24. The van der Waals surface area contributed by atoms with E-state index in [4.69, 9.17) is 0 Å². The fraction of sp³-hybridized carbons (Fsp3) is 0.0870. The van der Waals surface area contributed by atoms with Crippen molar-refractivity contribution in [1.82, 2.24) is 9.78 Å². The van der Waals surface area contributed by atoms with E-state index in [1.807, 2.05) is 67.7 Å². The van der Waals surface area contributed by atoms with E-state index >= 15 is 0 Å². The van der Waals surface area contributed by atoms with Crippen LogP contribution in [0.5, 0.6) is 0 Å². The molecular weight excluding hydrogens is 382 g/mol. The molecule has 0 unspecified atom stereocenters. The Bertz CT molecular complexity index is 1220. The summed E-state index contributed by atoms with van der Waals surface area (Å²) in [6, 6.07) is 26.1. The first-order valence-corrected chi connectivity index (χ1v) is 10.8. The Morgan fingerprint density at radius 1 is 0.828 bits per heavy atom. The van der Waals surface area contributed by atoms with E-state index in [9.17, 15) is 8.42 Å². The maximum absolute atomic E-state index is 12.9. The van der Waals surface area contributed by atoms with Gasteiger partial charge in [-0.15, -0.1) is 0 Å². The molecule has 5 nitrogen and oxygen atoms in total. The highest BCUT2D eigenvalue weighted by Crippen LogP contribution is 2.31. The predicted octanol–water partition coefficient (Wildman–Crippen LogP) is 4.71. The Labute approximate surface area is 170 Å². The summed E-state index contributed by atoms with van der Waals surface area (Å²) in [6.07, 6.45) is 1.89. The highest BCUT2D eigenvalue weighted by Gasteiger charge is 2.20. The maximum atomic E-state index is 12.9. The van der Waals surface area contributed by atoms with Crippen LogP contribution < -0.4 is 4.72 Å². The minimum Gasteiger partial charge on any atom is -0.266 e. The van der Waals surface area contributed by atoms with Gasteiger partial charge in [0, 0.05) is 11.8 Å². The maximum Gasteiger partial charge on any atom is 0.263 e. The number of aryl methyl sites for hydroxylation is 1. The van der Waals surface area contributed by atoms with Crippen LogP contribution in [-0.4, -0.2) is 18.2 Å². The molecule has 0 saturated heterocycles. The zero-order chi connectivity index (χ0) is 20.3. The van der Waals surface area contributed by atoms with E-state index in [1.165, 1.54) is 0 Å². The molecule has 6 heteroatoms. The molecule has 1 heterocycles. The van der Waals surface area contributed by atoms with Gasteiger partial charge in [-0.2, -0.15) is 5.10 Å². The van der Waals surface area contributed by atoms with Crippen molar-refractivity contribution in [1.29, 1.82) is 0 Å². The van der Waals surface area contributed by atoms with Crippen LogP contribution in [0, 0.1) is 6.92 Å². The van der Waals surface area contributed by atoms with Crippen molar-refractivity contribution in [2.75, 3.05) is 4.72 Å². The van der Waals surface area contributed by atoms with E-state index in [0.29, 0.717) is 12.4 Å². The van der Waals surface area contributed by atoms with Crippen molar-refractivity contribution in [2.45, 2.75) is 18.4 Å². The van der Waals surface area contributed by atoms with Crippen molar-refractivity contribution >= 4 is 15.8 Å². The predicted molar refractivity (Wildman–Crippen MR) is 115 cm³/mol. The third-order valence-corrected chi connectivity index (χ3v) is 6.02.